The number of H-pyrrole nitrogens is 1. The zero-order valence-electron chi connectivity index (χ0n) is 16.8. The average Bonchev–Trinajstić information content (AvgIpc) is 3.46. The van der Waals surface area contributed by atoms with Crippen LogP contribution < -0.4 is 10.6 Å². The monoisotopic (exact) mass is 392 g/mol. The highest BCUT2D eigenvalue weighted by atomic mass is 16.3. The molecular formula is C22H28N6O. The number of aliphatic imine (C=N–C) groups is 1. The number of nitrogens with zero attached hydrogens (tertiary/aromatic N) is 3. The van der Waals surface area contributed by atoms with Gasteiger partial charge in [-0.15, -0.1) is 0 Å². The van der Waals surface area contributed by atoms with Crippen LogP contribution in [0.1, 0.15) is 43.0 Å². The van der Waals surface area contributed by atoms with E-state index in [9.17, 15) is 0 Å². The summed E-state index contributed by atoms with van der Waals surface area (Å²) in [5, 5.41) is 14.1. The third-order valence-electron chi connectivity index (χ3n) is 5.49. The molecule has 1 fully saturated rings. The zero-order chi connectivity index (χ0) is 19.9. The Bertz CT molecular complexity index is 895. The number of hydrogen-bond donors (Lipinski definition) is 3. The predicted molar refractivity (Wildman–Crippen MR) is 114 cm³/mol. The molecule has 4 rings (SSSR count). The van der Waals surface area contributed by atoms with Gasteiger partial charge in [0.25, 0.3) is 0 Å². The number of benzene rings is 1. The van der Waals surface area contributed by atoms with Gasteiger partial charge in [-0.1, -0.05) is 30.3 Å². The molecule has 1 aromatic carbocycles. The summed E-state index contributed by atoms with van der Waals surface area (Å²) in [5.41, 5.74) is 1.47. The molecule has 152 valence electrons. The standard InChI is InChI=1S/C22H28N6O/c1-23-22(24-14-13-20-26-21(28-27-20)19-8-5-15-29-19)25-18-11-9-17(10-12-18)16-6-3-2-4-7-16/h2-8,15,17-18H,9-14H2,1H3,(H2,23,24,25)(H,26,27,28). The van der Waals surface area contributed by atoms with E-state index in [0.29, 0.717) is 23.5 Å². The Morgan fingerprint density at radius 1 is 1.14 bits per heavy atom. The fourth-order valence-corrected chi connectivity index (χ4v) is 3.91. The molecule has 0 amide bonds. The average molecular weight is 393 g/mol. The van der Waals surface area contributed by atoms with Crippen molar-refractivity contribution in [1.29, 1.82) is 0 Å². The summed E-state index contributed by atoms with van der Waals surface area (Å²) in [6, 6.07) is 15.0. The molecule has 0 unspecified atom stereocenters. The van der Waals surface area contributed by atoms with Crippen molar-refractivity contribution in [3.63, 3.8) is 0 Å². The molecule has 0 radical (unpaired) electrons. The molecule has 0 atom stereocenters. The van der Waals surface area contributed by atoms with E-state index in [1.54, 1.807) is 6.26 Å². The lowest BCUT2D eigenvalue weighted by atomic mass is 9.82. The van der Waals surface area contributed by atoms with E-state index in [0.717, 1.165) is 37.6 Å². The van der Waals surface area contributed by atoms with Crippen molar-refractivity contribution in [2.45, 2.75) is 44.1 Å². The number of rotatable bonds is 6. The van der Waals surface area contributed by atoms with E-state index in [4.69, 9.17) is 4.42 Å². The third-order valence-corrected chi connectivity index (χ3v) is 5.49. The molecular weight excluding hydrogens is 364 g/mol. The molecule has 2 aromatic heterocycles. The van der Waals surface area contributed by atoms with Crippen LogP contribution in [0, 0.1) is 0 Å². The van der Waals surface area contributed by atoms with E-state index in [1.165, 1.54) is 18.4 Å². The van der Waals surface area contributed by atoms with Crippen molar-refractivity contribution in [2.24, 2.45) is 4.99 Å². The van der Waals surface area contributed by atoms with E-state index >= 15 is 0 Å². The summed E-state index contributed by atoms with van der Waals surface area (Å²) in [4.78, 5) is 8.84. The van der Waals surface area contributed by atoms with Gasteiger partial charge in [0, 0.05) is 26.1 Å². The van der Waals surface area contributed by atoms with Gasteiger partial charge in [-0.3, -0.25) is 10.1 Å². The maximum absolute atomic E-state index is 5.32. The molecule has 3 aromatic rings. The maximum Gasteiger partial charge on any atom is 0.216 e. The second-order valence-electron chi connectivity index (χ2n) is 7.44. The lowest BCUT2D eigenvalue weighted by Crippen LogP contribution is -2.45. The Kier molecular flexibility index (Phi) is 6.24. The van der Waals surface area contributed by atoms with Gasteiger partial charge in [-0.25, -0.2) is 4.98 Å². The van der Waals surface area contributed by atoms with E-state index in [1.807, 2.05) is 19.2 Å². The van der Waals surface area contributed by atoms with Crippen LogP contribution >= 0.6 is 0 Å². The van der Waals surface area contributed by atoms with Gasteiger partial charge in [0.2, 0.25) is 5.82 Å². The Hall–Kier alpha value is -3.09. The van der Waals surface area contributed by atoms with Crippen molar-refractivity contribution >= 4 is 5.96 Å². The van der Waals surface area contributed by atoms with Gasteiger partial charge in [-0.2, -0.15) is 5.10 Å². The molecule has 0 saturated heterocycles. The van der Waals surface area contributed by atoms with Crippen LogP contribution in [0.3, 0.4) is 0 Å². The Morgan fingerprint density at radius 3 is 2.69 bits per heavy atom. The number of guanidine groups is 1. The molecule has 1 saturated carbocycles. The molecule has 0 aliphatic heterocycles. The van der Waals surface area contributed by atoms with Crippen LogP contribution in [0.15, 0.2) is 58.1 Å². The number of hydrogen-bond acceptors (Lipinski definition) is 4. The number of furan rings is 1. The lowest BCUT2D eigenvalue weighted by Gasteiger charge is -2.30. The Labute approximate surface area is 171 Å². The highest BCUT2D eigenvalue weighted by Gasteiger charge is 2.22. The zero-order valence-corrected chi connectivity index (χ0v) is 16.8. The second-order valence-corrected chi connectivity index (χ2v) is 7.44. The smallest absolute Gasteiger partial charge is 0.216 e. The summed E-state index contributed by atoms with van der Waals surface area (Å²) >= 11 is 0. The SMILES string of the molecule is CN=C(NCCc1nc(-c2ccco2)n[nH]1)NC1CCC(c2ccccc2)CC1. The van der Waals surface area contributed by atoms with Crippen LogP contribution in [0.5, 0.6) is 0 Å². The van der Waals surface area contributed by atoms with Gasteiger partial charge in [0.1, 0.15) is 5.82 Å². The van der Waals surface area contributed by atoms with Crippen LogP contribution in [0.2, 0.25) is 0 Å². The quantitative estimate of drug-likeness (QED) is 0.441. The Morgan fingerprint density at radius 2 is 1.97 bits per heavy atom. The molecule has 7 nitrogen and oxygen atoms in total. The van der Waals surface area contributed by atoms with Crippen molar-refractivity contribution in [3.05, 3.63) is 60.1 Å². The third kappa shape index (κ3) is 5.04. The van der Waals surface area contributed by atoms with Crippen molar-refractivity contribution < 1.29 is 4.42 Å². The first kappa shape index (κ1) is 19.2. The molecule has 1 aliphatic carbocycles. The highest BCUT2D eigenvalue weighted by Crippen LogP contribution is 2.32. The van der Waals surface area contributed by atoms with Gasteiger partial charge >= 0.3 is 0 Å². The minimum Gasteiger partial charge on any atom is -0.461 e. The van der Waals surface area contributed by atoms with Crippen molar-refractivity contribution in [2.75, 3.05) is 13.6 Å². The summed E-state index contributed by atoms with van der Waals surface area (Å²) in [7, 11) is 1.81. The largest absolute Gasteiger partial charge is 0.461 e. The fourth-order valence-electron chi connectivity index (χ4n) is 3.91. The fraction of sp³-hybridized carbons (Fsp3) is 0.409. The molecule has 3 N–H and O–H groups in total. The van der Waals surface area contributed by atoms with Crippen molar-refractivity contribution in [3.8, 4) is 11.6 Å². The first-order valence-corrected chi connectivity index (χ1v) is 10.3. The maximum atomic E-state index is 5.32. The first-order valence-electron chi connectivity index (χ1n) is 10.3. The van der Waals surface area contributed by atoms with E-state index in [-0.39, 0.29) is 0 Å². The van der Waals surface area contributed by atoms with Crippen LogP contribution in [0.4, 0.5) is 0 Å². The van der Waals surface area contributed by atoms with E-state index in [2.05, 4.69) is 61.1 Å². The minimum absolute atomic E-state index is 0.469. The summed E-state index contributed by atoms with van der Waals surface area (Å²) in [6.07, 6.45) is 7.10. The van der Waals surface area contributed by atoms with E-state index < -0.39 is 0 Å². The Balaban J connectivity index is 1.20. The predicted octanol–water partition coefficient (Wildman–Crippen LogP) is 3.50. The lowest BCUT2D eigenvalue weighted by molar-refractivity contribution is 0.371. The molecule has 7 heteroatoms. The van der Waals surface area contributed by atoms with Crippen LogP contribution in [0.25, 0.3) is 11.6 Å². The molecule has 2 heterocycles. The summed E-state index contributed by atoms with van der Waals surface area (Å²) in [6.45, 7) is 0.728. The number of aromatic nitrogens is 3. The molecule has 0 bridgehead atoms. The summed E-state index contributed by atoms with van der Waals surface area (Å²) in [5.74, 6) is 3.60. The normalized spacial score (nSPS) is 19.8. The minimum atomic E-state index is 0.469. The summed E-state index contributed by atoms with van der Waals surface area (Å²) < 4.78 is 5.32. The topological polar surface area (TPSA) is 91.1 Å². The molecule has 0 spiro atoms. The first-order chi connectivity index (χ1) is 14.3. The molecule has 29 heavy (non-hydrogen) atoms. The van der Waals surface area contributed by atoms with Crippen molar-refractivity contribution in [1.82, 2.24) is 25.8 Å². The number of nitrogens with one attached hydrogen (secondary N) is 3. The second kappa shape index (κ2) is 9.41. The number of aromatic amines is 1. The highest BCUT2D eigenvalue weighted by molar-refractivity contribution is 5.79. The van der Waals surface area contributed by atoms with Gasteiger partial charge in [0.05, 0.1) is 6.26 Å². The van der Waals surface area contributed by atoms with Crippen LogP contribution in [-0.2, 0) is 6.42 Å². The molecule has 1 aliphatic rings. The van der Waals surface area contributed by atoms with Crippen LogP contribution in [-0.4, -0.2) is 40.8 Å². The van der Waals surface area contributed by atoms with Gasteiger partial charge < -0.3 is 15.1 Å². The van der Waals surface area contributed by atoms with Gasteiger partial charge in [-0.05, 0) is 49.3 Å². The van der Waals surface area contributed by atoms with Gasteiger partial charge in [0.15, 0.2) is 11.7 Å².